The zero-order valence-electron chi connectivity index (χ0n) is 9.25. The fourth-order valence-corrected chi connectivity index (χ4v) is 2.32. The molecule has 15 heavy (non-hydrogen) atoms. The van der Waals surface area contributed by atoms with Crippen molar-refractivity contribution in [3.63, 3.8) is 0 Å². The van der Waals surface area contributed by atoms with Gasteiger partial charge in [0.2, 0.25) is 0 Å². The van der Waals surface area contributed by atoms with E-state index < -0.39 is 0 Å². The first-order chi connectivity index (χ1) is 7.25. The molecule has 0 saturated carbocycles. The molecule has 2 aliphatic rings. The first kappa shape index (κ1) is 9.09. The van der Waals surface area contributed by atoms with Gasteiger partial charge in [0.05, 0.1) is 5.69 Å². The lowest BCUT2D eigenvalue weighted by molar-refractivity contribution is 0.592. The molecule has 0 spiro atoms. The number of nitrogens with zero attached hydrogens (tertiary/aromatic N) is 3. The molecule has 80 valence electrons. The van der Waals surface area contributed by atoms with Gasteiger partial charge < -0.3 is 10.2 Å². The van der Waals surface area contributed by atoms with Crippen LogP contribution in [0.3, 0.4) is 0 Å². The summed E-state index contributed by atoms with van der Waals surface area (Å²) in [6.07, 6.45) is 1.29. The maximum absolute atomic E-state index is 4.59. The molecule has 1 atom stereocenters. The highest BCUT2D eigenvalue weighted by Crippen LogP contribution is 2.33. The summed E-state index contributed by atoms with van der Waals surface area (Å²) in [6.45, 7) is 7.35. The van der Waals surface area contributed by atoms with Crippen LogP contribution in [0.25, 0.3) is 0 Å². The third kappa shape index (κ3) is 1.32. The fourth-order valence-electron chi connectivity index (χ4n) is 2.32. The molecule has 1 aromatic rings. The quantitative estimate of drug-likeness (QED) is 0.745. The van der Waals surface area contributed by atoms with Gasteiger partial charge in [-0.1, -0.05) is 0 Å². The molecule has 0 radical (unpaired) electrons. The average Bonchev–Trinajstić information content (AvgIpc) is 2.44. The van der Waals surface area contributed by atoms with Gasteiger partial charge in [-0.05, 0) is 20.3 Å². The Morgan fingerprint density at radius 3 is 2.80 bits per heavy atom. The van der Waals surface area contributed by atoms with Gasteiger partial charge in [0.25, 0.3) is 0 Å². The van der Waals surface area contributed by atoms with E-state index in [9.17, 15) is 0 Å². The third-order valence-electron chi connectivity index (χ3n) is 3.28. The molecule has 4 heteroatoms. The van der Waals surface area contributed by atoms with Crippen molar-refractivity contribution < 1.29 is 0 Å². The Morgan fingerprint density at radius 1 is 1.33 bits per heavy atom. The van der Waals surface area contributed by atoms with E-state index in [2.05, 4.69) is 27.1 Å². The van der Waals surface area contributed by atoms with Gasteiger partial charge in [0, 0.05) is 31.2 Å². The number of hydrogen-bond acceptors (Lipinski definition) is 4. The smallest absolute Gasteiger partial charge is 0.137 e. The Hall–Kier alpha value is -1.16. The molecule has 0 amide bonds. The normalized spacial score (nSPS) is 23.9. The van der Waals surface area contributed by atoms with Gasteiger partial charge in [-0.2, -0.15) is 0 Å². The molecule has 4 nitrogen and oxygen atoms in total. The number of nitrogens with one attached hydrogen (secondary N) is 1. The van der Waals surface area contributed by atoms with E-state index in [1.807, 2.05) is 6.92 Å². The Balaban J connectivity index is 2.11. The molecule has 0 aromatic carbocycles. The number of aryl methyl sites for hydroxylation is 1. The second-order valence-corrected chi connectivity index (χ2v) is 4.40. The van der Waals surface area contributed by atoms with Crippen LogP contribution in [0.5, 0.6) is 0 Å². The van der Waals surface area contributed by atoms with Gasteiger partial charge in [-0.25, -0.2) is 9.97 Å². The van der Waals surface area contributed by atoms with Crippen LogP contribution in [0, 0.1) is 6.92 Å². The first-order valence-corrected chi connectivity index (χ1v) is 5.61. The summed E-state index contributed by atoms with van der Waals surface area (Å²) in [5.74, 6) is 2.06. The van der Waals surface area contributed by atoms with Crippen LogP contribution >= 0.6 is 0 Å². The van der Waals surface area contributed by atoms with E-state index >= 15 is 0 Å². The minimum absolute atomic E-state index is 0.399. The van der Waals surface area contributed by atoms with E-state index in [1.54, 1.807) is 0 Å². The standard InChI is InChI=1S/C11H16N4/c1-7-10-9(6-12-7)13-8(2)14-11(10)15-4-3-5-15/h7,12H,3-6H2,1-2H3/t7-/m0/s1. The van der Waals surface area contributed by atoms with E-state index in [0.29, 0.717) is 6.04 Å². The third-order valence-corrected chi connectivity index (χ3v) is 3.28. The van der Waals surface area contributed by atoms with Crippen molar-refractivity contribution in [3.8, 4) is 0 Å². The Labute approximate surface area is 89.7 Å². The molecule has 3 rings (SSSR count). The molecule has 2 aliphatic heterocycles. The summed E-state index contributed by atoms with van der Waals surface area (Å²) < 4.78 is 0. The summed E-state index contributed by atoms with van der Waals surface area (Å²) in [7, 11) is 0. The molecular weight excluding hydrogens is 188 g/mol. The summed E-state index contributed by atoms with van der Waals surface area (Å²) in [6, 6.07) is 0.399. The lowest BCUT2D eigenvalue weighted by Crippen LogP contribution is -2.38. The maximum atomic E-state index is 4.59. The summed E-state index contributed by atoms with van der Waals surface area (Å²) in [4.78, 5) is 11.5. The topological polar surface area (TPSA) is 41.1 Å². The lowest BCUT2D eigenvalue weighted by Gasteiger charge is -2.34. The van der Waals surface area contributed by atoms with Crippen molar-refractivity contribution in [2.45, 2.75) is 32.9 Å². The van der Waals surface area contributed by atoms with Crippen LogP contribution in [-0.4, -0.2) is 23.1 Å². The van der Waals surface area contributed by atoms with Crippen LogP contribution in [0.1, 0.15) is 36.5 Å². The second kappa shape index (κ2) is 3.17. The predicted octanol–water partition coefficient (Wildman–Crippen LogP) is 1.16. The highest BCUT2D eigenvalue weighted by Gasteiger charge is 2.28. The van der Waals surface area contributed by atoms with Gasteiger partial charge in [0.1, 0.15) is 11.6 Å². The van der Waals surface area contributed by atoms with Gasteiger partial charge in [-0.15, -0.1) is 0 Å². The van der Waals surface area contributed by atoms with Crippen molar-refractivity contribution in [1.82, 2.24) is 15.3 Å². The van der Waals surface area contributed by atoms with Gasteiger partial charge in [0.15, 0.2) is 0 Å². The first-order valence-electron chi connectivity index (χ1n) is 5.61. The van der Waals surface area contributed by atoms with Gasteiger partial charge in [-0.3, -0.25) is 0 Å². The fraction of sp³-hybridized carbons (Fsp3) is 0.636. The number of anilines is 1. The van der Waals surface area contributed by atoms with Crippen LogP contribution in [0.15, 0.2) is 0 Å². The summed E-state index contributed by atoms with van der Waals surface area (Å²) >= 11 is 0. The van der Waals surface area contributed by atoms with E-state index in [4.69, 9.17) is 0 Å². The van der Waals surface area contributed by atoms with Crippen LogP contribution in [0.4, 0.5) is 5.82 Å². The molecule has 1 aromatic heterocycles. The molecule has 0 unspecified atom stereocenters. The zero-order chi connectivity index (χ0) is 10.4. The average molecular weight is 204 g/mol. The number of hydrogen-bond donors (Lipinski definition) is 1. The number of fused-ring (bicyclic) bond motifs is 1. The highest BCUT2D eigenvalue weighted by atomic mass is 15.2. The molecule has 0 aliphatic carbocycles. The molecular formula is C11H16N4. The van der Waals surface area contributed by atoms with E-state index in [1.165, 1.54) is 23.5 Å². The highest BCUT2D eigenvalue weighted by molar-refractivity contribution is 5.53. The van der Waals surface area contributed by atoms with Crippen LogP contribution < -0.4 is 10.2 Å². The SMILES string of the molecule is Cc1nc2c(c(N3CCC3)n1)[C@H](C)NC2. The van der Waals surface area contributed by atoms with Crippen LogP contribution in [-0.2, 0) is 6.54 Å². The molecule has 0 bridgehead atoms. The van der Waals surface area contributed by atoms with E-state index in [0.717, 1.165) is 25.5 Å². The molecule has 3 heterocycles. The molecule has 1 N–H and O–H groups in total. The number of rotatable bonds is 1. The predicted molar refractivity (Wildman–Crippen MR) is 58.9 cm³/mol. The molecule has 1 fully saturated rings. The second-order valence-electron chi connectivity index (χ2n) is 4.40. The zero-order valence-corrected chi connectivity index (χ0v) is 9.25. The van der Waals surface area contributed by atoms with Crippen molar-refractivity contribution in [3.05, 3.63) is 17.1 Å². The maximum Gasteiger partial charge on any atom is 0.137 e. The minimum atomic E-state index is 0.399. The largest absolute Gasteiger partial charge is 0.356 e. The van der Waals surface area contributed by atoms with Crippen LogP contribution in [0.2, 0.25) is 0 Å². The monoisotopic (exact) mass is 204 g/mol. The Bertz CT molecular complexity index is 398. The van der Waals surface area contributed by atoms with Gasteiger partial charge >= 0.3 is 0 Å². The summed E-state index contributed by atoms with van der Waals surface area (Å²) in [5, 5.41) is 3.43. The summed E-state index contributed by atoms with van der Waals surface area (Å²) in [5.41, 5.74) is 2.51. The molecule has 1 saturated heterocycles. The van der Waals surface area contributed by atoms with Crippen molar-refractivity contribution in [2.24, 2.45) is 0 Å². The Morgan fingerprint density at radius 2 is 2.13 bits per heavy atom. The Kier molecular flexibility index (Phi) is 1.92. The van der Waals surface area contributed by atoms with Crippen molar-refractivity contribution in [1.29, 1.82) is 0 Å². The lowest BCUT2D eigenvalue weighted by atomic mass is 10.1. The van der Waals surface area contributed by atoms with Crippen molar-refractivity contribution >= 4 is 5.82 Å². The minimum Gasteiger partial charge on any atom is -0.356 e. The van der Waals surface area contributed by atoms with Crippen molar-refractivity contribution in [2.75, 3.05) is 18.0 Å². The van der Waals surface area contributed by atoms with E-state index in [-0.39, 0.29) is 0 Å². The number of aromatic nitrogens is 2.